The summed E-state index contributed by atoms with van der Waals surface area (Å²) in [4.78, 5) is 14.6. The number of ether oxygens (including phenoxy) is 1. The number of hydrogen-bond acceptors (Lipinski definition) is 3. The molecule has 0 radical (unpaired) electrons. The molecule has 0 bridgehead atoms. The lowest BCUT2D eigenvalue weighted by Gasteiger charge is -2.44. The molecule has 1 aromatic rings. The van der Waals surface area contributed by atoms with E-state index in [4.69, 9.17) is 21.6 Å². The van der Waals surface area contributed by atoms with Crippen molar-refractivity contribution < 1.29 is 9.53 Å². The maximum atomic E-state index is 12.6. The van der Waals surface area contributed by atoms with E-state index in [1.807, 2.05) is 11.0 Å². The van der Waals surface area contributed by atoms with Crippen molar-refractivity contribution in [3.8, 4) is 11.8 Å². The number of carbonyl (C=O) groups excluding carboxylic acids is 1. The number of likely N-dealkylation sites (tertiary alicyclic amines) is 1. The Kier molecular flexibility index (Phi) is 5.07. The fourth-order valence-corrected chi connectivity index (χ4v) is 4.08. The Morgan fingerprint density at radius 2 is 2.09 bits per heavy atom. The monoisotopic (exact) mass is 332 g/mol. The van der Waals surface area contributed by atoms with Gasteiger partial charge in [0.25, 0.3) is 5.91 Å². The first-order chi connectivity index (χ1) is 11.2. The van der Waals surface area contributed by atoms with E-state index in [-0.39, 0.29) is 12.5 Å². The first-order valence-electron chi connectivity index (χ1n) is 8.31. The van der Waals surface area contributed by atoms with Gasteiger partial charge in [-0.15, -0.1) is 0 Å². The molecule has 1 aliphatic carbocycles. The third-order valence-electron chi connectivity index (χ3n) is 4.98. The zero-order valence-electron chi connectivity index (χ0n) is 13.1. The van der Waals surface area contributed by atoms with Crippen LogP contribution in [0.1, 0.15) is 44.1 Å². The van der Waals surface area contributed by atoms with E-state index in [2.05, 4.69) is 0 Å². The fraction of sp³-hybridized carbons (Fsp3) is 0.556. The molecular weight excluding hydrogens is 312 g/mol. The molecule has 0 spiro atoms. The average molecular weight is 333 g/mol. The van der Waals surface area contributed by atoms with Gasteiger partial charge in [0, 0.05) is 12.6 Å². The summed E-state index contributed by atoms with van der Waals surface area (Å²) in [6.07, 6.45) is 7.21. The molecule has 2 fully saturated rings. The third-order valence-corrected chi connectivity index (χ3v) is 5.27. The van der Waals surface area contributed by atoms with Gasteiger partial charge in [-0.25, -0.2) is 0 Å². The minimum absolute atomic E-state index is 0.00877. The van der Waals surface area contributed by atoms with E-state index < -0.39 is 0 Å². The highest BCUT2D eigenvalue weighted by Crippen LogP contribution is 2.35. The fourth-order valence-electron chi connectivity index (χ4n) is 3.84. The van der Waals surface area contributed by atoms with Gasteiger partial charge in [-0.3, -0.25) is 4.79 Å². The number of nitrogens with zero attached hydrogens (tertiary/aromatic N) is 2. The first kappa shape index (κ1) is 16.1. The molecule has 4 nitrogen and oxygen atoms in total. The van der Waals surface area contributed by atoms with Crippen LogP contribution in [0, 0.1) is 17.2 Å². The smallest absolute Gasteiger partial charge is 0.260 e. The van der Waals surface area contributed by atoms with E-state index in [1.165, 1.54) is 25.7 Å². The Hall–Kier alpha value is -1.73. The van der Waals surface area contributed by atoms with Gasteiger partial charge in [-0.1, -0.05) is 24.4 Å². The van der Waals surface area contributed by atoms with Gasteiger partial charge in [0.05, 0.1) is 16.7 Å². The summed E-state index contributed by atoms with van der Waals surface area (Å²) in [7, 11) is 0. The Bertz CT molecular complexity index is 624. The van der Waals surface area contributed by atoms with Gasteiger partial charge in [-0.2, -0.15) is 5.26 Å². The highest BCUT2D eigenvalue weighted by atomic mass is 35.5. The minimum Gasteiger partial charge on any atom is -0.482 e. The first-order valence-corrected chi connectivity index (χ1v) is 8.69. The van der Waals surface area contributed by atoms with Crippen LogP contribution >= 0.6 is 11.6 Å². The van der Waals surface area contributed by atoms with Gasteiger partial charge in [0.15, 0.2) is 6.61 Å². The van der Waals surface area contributed by atoms with E-state index in [1.54, 1.807) is 18.2 Å². The Balaban J connectivity index is 1.61. The summed E-state index contributed by atoms with van der Waals surface area (Å²) < 4.78 is 5.60. The second kappa shape index (κ2) is 7.23. The summed E-state index contributed by atoms with van der Waals surface area (Å²) in [5.74, 6) is 1.16. The van der Waals surface area contributed by atoms with Gasteiger partial charge in [-0.05, 0) is 49.8 Å². The van der Waals surface area contributed by atoms with Crippen LogP contribution in [0.5, 0.6) is 5.75 Å². The number of benzene rings is 1. The molecule has 2 atom stereocenters. The van der Waals surface area contributed by atoms with Crippen LogP contribution in [0.4, 0.5) is 0 Å². The molecule has 122 valence electrons. The number of piperidine rings is 1. The zero-order valence-corrected chi connectivity index (χ0v) is 13.9. The average Bonchev–Trinajstić information content (AvgIpc) is 2.59. The maximum Gasteiger partial charge on any atom is 0.260 e. The normalized spacial score (nSPS) is 23.7. The number of halogens is 1. The molecule has 5 heteroatoms. The highest BCUT2D eigenvalue weighted by Gasteiger charge is 2.35. The molecule has 1 aromatic carbocycles. The number of rotatable bonds is 3. The predicted molar refractivity (Wildman–Crippen MR) is 88.4 cm³/mol. The zero-order chi connectivity index (χ0) is 16.2. The van der Waals surface area contributed by atoms with Crippen LogP contribution in [-0.2, 0) is 4.79 Å². The number of hydrogen-bond donors (Lipinski definition) is 0. The number of fused-ring (bicyclic) bond motifs is 1. The predicted octanol–water partition coefficient (Wildman–Crippen LogP) is 3.77. The molecule has 1 saturated heterocycles. The molecule has 0 N–H and O–H groups in total. The lowest BCUT2D eigenvalue weighted by Crippen LogP contribution is -2.51. The van der Waals surface area contributed by atoms with E-state index in [0.717, 1.165) is 19.4 Å². The maximum absolute atomic E-state index is 12.6. The summed E-state index contributed by atoms with van der Waals surface area (Å²) in [6.45, 7) is 0.847. The third kappa shape index (κ3) is 3.61. The van der Waals surface area contributed by atoms with Crippen molar-refractivity contribution in [3.63, 3.8) is 0 Å². The minimum atomic E-state index is 0.00877. The Morgan fingerprint density at radius 1 is 1.30 bits per heavy atom. The second-order valence-corrected chi connectivity index (χ2v) is 6.79. The second-order valence-electron chi connectivity index (χ2n) is 6.39. The van der Waals surface area contributed by atoms with Crippen molar-refractivity contribution in [1.82, 2.24) is 4.90 Å². The van der Waals surface area contributed by atoms with Crippen LogP contribution in [-0.4, -0.2) is 30.0 Å². The van der Waals surface area contributed by atoms with E-state index >= 15 is 0 Å². The van der Waals surface area contributed by atoms with Crippen molar-refractivity contribution in [2.75, 3.05) is 13.2 Å². The summed E-state index contributed by atoms with van der Waals surface area (Å²) in [5.41, 5.74) is 0.481. The van der Waals surface area contributed by atoms with E-state index in [9.17, 15) is 4.79 Å². The van der Waals surface area contributed by atoms with Gasteiger partial charge in [0.1, 0.15) is 5.75 Å². The molecule has 1 heterocycles. The molecule has 1 saturated carbocycles. The van der Waals surface area contributed by atoms with Gasteiger partial charge < -0.3 is 9.64 Å². The van der Waals surface area contributed by atoms with Crippen molar-refractivity contribution in [2.24, 2.45) is 5.92 Å². The molecular formula is C18H21ClN2O2. The summed E-state index contributed by atoms with van der Waals surface area (Å²) >= 11 is 6.09. The largest absolute Gasteiger partial charge is 0.482 e. The van der Waals surface area contributed by atoms with Crippen molar-refractivity contribution in [1.29, 1.82) is 5.26 Å². The molecule has 1 aliphatic heterocycles. The summed E-state index contributed by atoms with van der Waals surface area (Å²) in [5, 5.41) is 9.21. The number of nitriles is 1. The Morgan fingerprint density at radius 3 is 2.87 bits per heavy atom. The van der Waals surface area contributed by atoms with Crippen molar-refractivity contribution in [3.05, 3.63) is 28.8 Å². The lowest BCUT2D eigenvalue weighted by atomic mass is 9.78. The van der Waals surface area contributed by atoms with Crippen LogP contribution in [0.3, 0.4) is 0 Å². The standard InChI is InChI=1S/C18H21ClN2O2/c19-15-10-13(11-20)7-8-17(15)23-12-18(22)21-9-3-5-14-4-1-2-6-16(14)21/h7-8,10,14,16H,1-6,9,12H2/t14-,16-/m1/s1. The quantitative estimate of drug-likeness (QED) is 0.846. The van der Waals surface area contributed by atoms with Crippen molar-refractivity contribution >= 4 is 17.5 Å². The highest BCUT2D eigenvalue weighted by molar-refractivity contribution is 6.32. The molecule has 0 unspecified atom stereocenters. The topological polar surface area (TPSA) is 53.3 Å². The summed E-state index contributed by atoms with van der Waals surface area (Å²) in [6, 6.07) is 7.27. The molecule has 23 heavy (non-hydrogen) atoms. The van der Waals surface area contributed by atoms with Crippen LogP contribution in [0.15, 0.2) is 18.2 Å². The Labute approximate surface area is 142 Å². The number of amides is 1. The molecule has 0 aromatic heterocycles. The number of carbonyl (C=O) groups is 1. The van der Waals surface area contributed by atoms with Crippen molar-refractivity contribution in [2.45, 2.75) is 44.6 Å². The lowest BCUT2D eigenvalue weighted by molar-refractivity contribution is -0.139. The van der Waals surface area contributed by atoms with Gasteiger partial charge >= 0.3 is 0 Å². The molecule has 1 amide bonds. The van der Waals surface area contributed by atoms with Crippen LogP contribution in [0.25, 0.3) is 0 Å². The van der Waals surface area contributed by atoms with Crippen LogP contribution < -0.4 is 4.74 Å². The van der Waals surface area contributed by atoms with Gasteiger partial charge in [0.2, 0.25) is 0 Å². The molecule has 2 aliphatic rings. The van der Waals surface area contributed by atoms with E-state index in [0.29, 0.717) is 28.3 Å². The van der Waals surface area contributed by atoms with Crippen LogP contribution in [0.2, 0.25) is 5.02 Å². The molecule has 3 rings (SSSR count). The SMILES string of the molecule is N#Cc1ccc(OCC(=O)N2CCC[C@H]3CCCC[C@H]32)c(Cl)c1.